The molecule has 1 aromatic carbocycles. The summed E-state index contributed by atoms with van der Waals surface area (Å²) in [7, 11) is 0. The fraction of sp³-hybridized carbons (Fsp3) is 0.500. The van der Waals surface area contributed by atoms with Crippen LogP contribution >= 0.6 is 0 Å². The lowest BCUT2D eigenvalue weighted by molar-refractivity contribution is 0.171. The van der Waals surface area contributed by atoms with Gasteiger partial charge in [0.05, 0.1) is 0 Å². The van der Waals surface area contributed by atoms with E-state index in [-0.39, 0.29) is 6.04 Å². The first-order chi connectivity index (χ1) is 7.79. The summed E-state index contributed by atoms with van der Waals surface area (Å²) in [5.74, 6) is 1.62. The molecular formula is C12H18N2O2. The number of anilines is 1. The number of fused-ring (bicyclic) bond motifs is 1. The molecule has 0 saturated heterocycles. The first kappa shape index (κ1) is 11.1. The van der Waals surface area contributed by atoms with E-state index in [1.807, 2.05) is 18.2 Å². The zero-order valence-corrected chi connectivity index (χ0v) is 9.53. The van der Waals surface area contributed by atoms with E-state index in [9.17, 15) is 0 Å². The van der Waals surface area contributed by atoms with Gasteiger partial charge in [-0.15, -0.1) is 0 Å². The zero-order chi connectivity index (χ0) is 11.4. The van der Waals surface area contributed by atoms with Crippen molar-refractivity contribution in [2.45, 2.75) is 19.4 Å². The van der Waals surface area contributed by atoms with Crippen LogP contribution < -0.4 is 20.5 Å². The number of nitrogens with two attached hydrogens (primary N) is 1. The molecule has 1 unspecified atom stereocenters. The lowest BCUT2D eigenvalue weighted by Gasteiger charge is -2.19. The molecular weight excluding hydrogens is 204 g/mol. The molecule has 0 radical (unpaired) electrons. The predicted octanol–water partition coefficient (Wildman–Crippen LogP) is 1.61. The zero-order valence-electron chi connectivity index (χ0n) is 9.53. The Kier molecular flexibility index (Phi) is 3.51. The van der Waals surface area contributed by atoms with E-state index in [4.69, 9.17) is 15.2 Å². The largest absolute Gasteiger partial charge is 0.486 e. The van der Waals surface area contributed by atoms with Crippen molar-refractivity contribution in [2.24, 2.45) is 5.73 Å². The normalized spacial score (nSPS) is 15.6. The van der Waals surface area contributed by atoms with E-state index in [1.165, 1.54) is 0 Å². The Hall–Kier alpha value is -1.42. The molecule has 3 N–H and O–H groups in total. The molecule has 1 atom stereocenters. The fourth-order valence-electron chi connectivity index (χ4n) is 1.55. The molecule has 0 bridgehead atoms. The summed E-state index contributed by atoms with van der Waals surface area (Å²) in [4.78, 5) is 0. The van der Waals surface area contributed by atoms with Crippen LogP contribution in [0.25, 0.3) is 0 Å². The fourth-order valence-corrected chi connectivity index (χ4v) is 1.55. The van der Waals surface area contributed by atoms with Crippen LogP contribution in [-0.2, 0) is 0 Å². The topological polar surface area (TPSA) is 56.5 Å². The van der Waals surface area contributed by atoms with Crippen LogP contribution in [0, 0.1) is 0 Å². The smallest absolute Gasteiger partial charge is 0.163 e. The van der Waals surface area contributed by atoms with E-state index < -0.39 is 0 Å². The Bertz CT molecular complexity index is 355. The Morgan fingerprint density at radius 2 is 2.06 bits per heavy atom. The van der Waals surface area contributed by atoms with Crippen LogP contribution in [0.4, 0.5) is 5.69 Å². The highest BCUT2D eigenvalue weighted by Crippen LogP contribution is 2.32. The first-order valence-electron chi connectivity index (χ1n) is 5.68. The summed E-state index contributed by atoms with van der Waals surface area (Å²) in [6.45, 7) is 4.09. The van der Waals surface area contributed by atoms with Crippen LogP contribution in [-0.4, -0.2) is 25.8 Å². The molecule has 1 heterocycles. The van der Waals surface area contributed by atoms with Crippen LogP contribution in [0.5, 0.6) is 11.5 Å². The monoisotopic (exact) mass is 222 g/mol. The Morgan fingerprint density at radius 1 is 1.31 bits per heavy atom. The van der Waals surface area contributed by atoms with E-state index in [0.29, 0.717) is 13.2 Å². The summed E-state index contributed by atoms with van der Waals surface area (Å²) in [6, 6.07) is 6.05. The molecule has 0 saturated carbocycles. The summed E-state index contributed by atoms with van der Waals surface area (Å²) in [5.41, 5.74) is 6.86. The lowest BCUT2D eigenvalue weighted by Crippen LogP contribution is -2.28. The predicted molar refractivity (Wildman–Crippen MR) is 64.2 cm³/mol. The van der Waals surface area contributed by atoms with Crippen LogP contribution in [0.15, 0.2) is 18.2 Å². The maximum atomic E-state index is 5.84. The van der Waals surface area contributed by atoms with Crippen LogP contribution in [0.2, 0.25) is 0 Å². The van der Waals surface area contributed by atoms with E-state index >= 15 is 0 Å². The van der Waals surface area contributed by atoms with E-state index in [1.54, 1.807) is 0 Å². The molecule has 0 aliphatic carbocycles. The van der Waals surface area contributed by atoms with Gasteiger partial charge in [0.1, 0.15) is 13.2 Å². The number of nitrogens with one attached hydrogen (secondary N) is 1. The molecule has 4 heteroatoms. The van der Waals surface area contributed by atoms with Gasteiger partial charge in [-0.25, -0.2) is 0 Å². The number of benzene rings is 1. The standard InChI is InChI=1S/C12H18N2O2/c1-2-9(13)8-14-10-3-4-11-12(7-10)16-6-5-15-11/h3-4,7,9,14H,2,5-6,8,13H2,1H3. The minimum Gasteiger partial charge on any atom is -0.486 e. The summed E-state index contributed by atoms with van der Waals surface area (Å²) in [5, 5.41) is 3.28. The van der Waals surface area contributed by atoms with Crippen molar-refractivity contribution >= 4 is 5.69 Å². The van der Waals surface area contributed by atoms with Gasteiger partial charge in [-0.05, 0) is 18.6 Å². The van der Waals surface area contributed by atoms with Crippen molar-refractivity contribution in [3.63, 3.8) is 0 Å². The highest BCUT2D eigenvalue weighted by molar-refractivity contribution is 5.55. The average molecular weight is 222 g/mol. The number of ether oxygens (including phenoxy) is 2. The molecule has 4 nitrogen and oxygen atoms in total. The van der Waals surface area contributed by atoms with Gasteiger partial charge in [-0.2, -0.15) is 0 Å². The van der Waals surface area contributed by atoms with E-state index in [0.717, 1.165) is 30.2 Å². The summed E-state index contributed by atoms with van der Waals surface area (Å²) >= 11 is 0. The maximum absolute atomic E-state index is 5.84. The second kappa shape index (κ2) is 5.07. The molecule has 16 heavy (non-hydrogen) atoms. The highest BCUT2D eigenvalue weighted by atomic mass is 16.6. The Labute approximate surface area is 95.7 Å². The highest BCUT2D eigenvalue weighted by Gasteiger charge is 2.11. The number of rotatable bonds is 4. The molecule has 0 spiro atoms. The van der Waals surface area contributed by atoms with Crippen LogP contribution in [0.1, 0.15) is 13.3 Å². The van der Waals surface area contributed by atoms with E-state index in [2.05, 4.69) is 12.2 Å². The number of hydrogen-bond acceptors (Lipinski definition) is 4. The SMILES string of the molecule is CCC(N)CNc1ccc2c(c1)OCCO2. The minimum atomic E-state index is 0.188. The first-order valence-corrected chi connectivity index (χ1v) is 5.68. The molecule has 0 aromatic heterocycles. The molecule has 2 rings (SSSR count). The summed E-state index contributed by atoms with van der Waals surface area (Å²) < 4.78 is 10.9. The Morgan fingerprint density at radius 3 is 2.81 bits per heavy atom. The molecule has 0 amide bonds. The molecule has 88 valence electrons. The molecule has 1 aliphatic heterocycles. The number of hydrogen-bond donors (Lipinski definition) is 2. The third-order valence-electron chi connectivity index (χ3n) is 2.63. The van der Waals surface area contributed by atoms with Gasteiger partial charge in [-0.3, -0.25) is 0 Å². The quantitative estimate of drug-likeness (QED) is 0.812. The average Bonchev–Trinajstić information content (AvgIpc) is 2.35. The van der Waals surface area contributed by atoms with Crippen LogP contribution in [0.3, 0.4) is 0 Å². The van der Waals surface area contributed by atoms with Gasteiger partial charge in [0, 0.05) is 24.3 Å². The van der Waals surface area contributed by atoms with Gasteiger partial charge < -0.3 is 20.5 Å². The van der Waals surface area contributed by atoms with Crippen molar-refractivity contribution in [1.29, 1.82) is 0 Å². The van der Waals surface area contributed by atoms with Gasteiger partial charge in [-0.1, -0.05) is 6.92 Å². The van der Waals surface area contributed by atoms with Gasteiger partial charge in [0.25, 0.3) is 0 Å². The van der Waals surface area contributed by atoms with Crippen molar-refractivity contribution < 1.29 is 9.47 Å². The van der Waals surface area contributed by atoms with Crippen molar-refractivity contribution in [1.82, 2.24) is 0 Å². The molecule has 0 fully saturated rings. The second-order valence-corrected chi connectivity index (χ2v) is 3.91. The van der Waals surface area contributed by atoms with Crippen molar-refractivity contribution in [3.05, 3.63) is 18.2 Å². The lowest BCUT2D eigenvalue weighted by atomic mass is 10.2. The van der Waals surface area contributed by atoms with Crippen molar-refractivity contribution in [3.8, 4) is 11.5 Å². The van der Waals surface area contributed by atoms with Gasteiger partial charge in [0.2, 0.25) is 0 Å². The minimum absolute atomic E-state index is 0.188. The maximum Gasteiger partial charge on any atom is 0.163 e. The third kappa shape index (κ3) is 2.58. The Balaban J connectivity index is 2.00. The summed E-state index contributed by atoms with van der Waals surface area (Å²) in [6.07, 6.45) is 0.970. The van der Waals surface area contributed by atoms with Crippen molar-refractivity contribution in [2.75, 3.05) is 25.1 Å². The van der Waals surface area contributed by atoms with Gasteiger partial charge in [0.15, 0.2) is 11.5 Å². The second-order valence-electron chi connectivity index (χ2n) is 3.91. The third-order valence-corrected chi connectivity index (χ3v) is 2.63. The molecule has 1 aromatic rings. The van der Waals surface area contributed by atoms with Gasteiger partial charge >= 0.3 is 0 Å². The molecule has 1 aliphatic rings.